The third kappa shape index (κ3) is 4.36. The highest BCUT2D eigenvalue weighted by atomic mass is 16.5. The van der Waals surface area contributed by atoms with Gasteiger partial charge in [0.15, 0.2) is 0 Å². The van der Waals surface area contributed by atoms with E-state index in [0.29, 0.717) is 0 Å². The van der Waals surface area contributed by atoms with Gasteiger partial charge in [-0.2, -0.15) is 0 Å². The Morgan fingerprint density at radius 2 is 1.82 bits per heavy atom. The Kier molecular flexibility index (Phi) is 6.01. The molecule has 1 rings (SSSR count). The zero-order valence-corrected chi connectivity index (χ0v) is 11.2. The number of hydrogen-bond donors (Lipinski definition) is 2. The highest BCUT2D eigenvalue weighted by molar-refractivity contribution is 5.43. The van der Waals surface area contributed by atoms with Crippen molar-refractivity contribution in [3.63, 3.8) is 0 Å². The first-order chi connectivity index (χ1) is 8.19. The lowest BCUT2D eigenvalue weighted by Gasteiger charge is -2.12. The summed E-state index contributed by atoms with van der Waals surface area (Å²) in [5.74, 6) is 0.997. The fraction of sp³-hybridized carbons (Fsp3) is 0.571. The van der Waals surface area contributed by atoms with Gasteiger partial charge in [0.2, 0.25) is 0 Å². The summed E-state index contributed by atoms with van der Waals surface area (Å²) in [5, 5.41) is 3.43. The third-order valence-electron chi connectivity index (χ3n) is 2.86. The second-order valence-corrected chi connectivity index (χ2v) is 4.44. The predicted octanol–water partition coefficient (Wildman–Crippen LogP) is 2.14. The largest absolute Gasteiger partial charge is 0.496 e. The van der Waals surface area contributed by atoms with Gasteiger partial charge in [-0.15, -0.1) is 0 Å². The van der Waals surface area contributed by atoms with E-state index in [1.54, 1.807) is 7.11 Å². The number of benzene rings is 1. The lowest BCUT2D eigenvalue weighted by Crippen LogP contribution is -2.16. The quantitative estimate of drug-likeness (QED) is 0.713. The summed E-state index contributed by atoms with van der Waals surface area (Å²) >= 11 is 0. The predicted molar refractivity (Wildman–Crippen MR) is 72.5 cm³/mol. The standard InChI is InChI=1S/C14H24N2O/c1-11-8-13(9-12(2)14(11)17-3)10-16-7-5-4-6-15/h8-9,16H,4-7,10,15H2,1-3H3. The first-order valence-corrected chi connectivity index (χ1v) is 6.24. The van der Waals surface area contributed by atoms with Crippen molar-refractivity contribution in [2.24, 2.45) is 5.73 Å². The van der Waals surface area contributed by atoms with Crippen LogP contribution < -0.4 is 15.8 Å². The van der Waals surface area contributed by atoms with Crippen LogP contribution in [0, 0.1) is 13.8 Å². The zero-order chi connectivity index (χ0) is 12.7. The number of rotatable bonds is 7. The van der Waals surface area contributed by atoms with E-state index < -0.39 is 0 Å². The summed E-state index contributed by atoms with van der Waals surface area (Å²) < 4.78 is 5.35. The van der Waals surface area contributed by atoms with Crippen LogP contribution in [0.15, 0.2) is 12.1 Å². The molecule has 1 aromatic rings. The smallest absolute Gasteiger partial charge is 0.124 e. The maximum atomic E-state index is 5.45. The van der Waals surface area contributed by atoms with Gasteiger partial charge in [-0.25, -0.2) is 0 Å². The van der Waals surface area contributed by atoms with Gasteiger partial charge in [0.1, 0.15) is 5.75 Å². The number of nitrogens with one attached hydrogen (secondary N) is 1. The summed E-state index contributed by atoms with van der Waals surface area (Å²) in [7, 11) is 1.72. The summed E-state index contributed by atoms with van der Waals surface area (Å²) in [6, 6.07) is 4.36. The lowest BCUT2D eigenvalue weighted by atomic mass is 10.1. The molecule has 0 aliphatic heterocycles. The minimum Gasteiger partial charge on any atom is -0.496 e. The van der Waals surface area contributed by atoms with E-state index in [1.807, 2.05) is 0 Å². The first-order valence-electron chi connectivity index (χ1n) is 6.24. The topological polar surface area (TPSA) is 47.3 Å². The second-order valence-electron chi connectivity index (χ2n) is 4.44. The molecule has 1 aromatic carbocycles. The molecule has 0 aromatic heterocycles. The van der Waals surface area contributed by atoms with Crippen molar-refractivity contribution in [3.05, 3.63) is 28.8 Å². The normalized spacial score (nSPS) is 10.6. The Hall–Kier alpha value is -1.06. The summed E-state index contributed by atoms with van der Waals surface area (Å²) in [6.45, 7) is 6.90. The van der Waals surface area contributed by atoms with Crippen LogP contribution in [0.4, 0.5) is 0 Å². The van der Waals surface area contributed by atoms with E-state index in [0.717, 1.165) is 38.2 Å². The fourth-order valence-corrected chi connectivity index (χ4v) is 2.09. The van der Waals surface area contributed by atoms with Crippen LogP contribution in [0.3, 0.4) is 0 Å². The van der Waals surface area contributed by atoms with Crippen LogP contribution in [-0.2, 0) is 6.54 Å². The lowest BCUT2D eigenvalue weighted by molar-refractivity contribution is 0.408. The number of methoxy groups -OCH3 is 1. The molecule has 0 saturated carbocycles. The summed E-state index contributed by atoms with van der Waals surface area (Å²) in [5.41, 5.74) is 9.17. The molecule has 0 bridgehead atoms. The fourth-order valence-electron chi connectivity index (χ4n) is 2.09. The highest BCUT2D eigenvalue weighted by Gasteiger charge is 2.04. The molecule has 3 N–H and O–H groups in total. The molecule has 3 nitrogen and oxygen atoms in total. The Bertz CT molecular complexity index is 327. The Morgan fingerprint density at radius 1 is 1.18 bits per heavy atom. The summed E-state index contributed by atoms with van der Waals surface area (Å²) in [6.07, 6.45) is 2.23. The molecule has 0 fully saturated rings. The molecule has 0 saturated heterocycles. The van der Waals surface area contributed by atoms with Crippen molar-refractivity contribution in [2.75, 3.05) is 20.2 Å². The van der Waals surface area contributed by atoms with Crippen LogP contribution in [0.2, 0.25) is 0 Å². The van der Waals surface area contributed by atoms with E-state index >= 15 is 0 Å². The number of ether oxygens (including phenoxy) is 1. The minimum absolute atomic E-state index is 0.780. The Morgan fingerprint density at radius 3 is 2.35 bits per heavy atom. The summed E-state index contributed by atoms with van der Waals surface area (Å²) in [4.78, 5) is 0. The molecule has 17 heavy (non-hydrogen) atoms. The highest BCUT2D eigenvalue weighted by Crippen LogP contribution is 2.24. The number of nitrogens with two attached hydrogens (primary N) is 1. The molecular formula is C14H24N2O. The molecule has 0 radical (unpaired) electrons. The van der Waals surface area contributed by atoms with Crippen LogP contribution in [-0.4, -0.2) is 20.2 Å². The second kappa shape index (κ2) is 7.30. The minimum atomic E-state index is 0.780. The van der Waals surface area contributed by atoms with Crippen LogP contribution in [0.25, 0.3) is 0 Å². The maximum Gasteiger partial charge on any atom is 0.124 e. The number of aryl methyl sites for hydroxylation is 2. The molecule has 0 aliphatic rings. The van der Waals surface area contributed by atoms with Crippen molar-refractivity contribution in [1.82, 2.24) is 5.32 Å². The molecule has 0 spiro atoms. The van der Waals surface area contributed by atoms with E-state index in [-0.39, 0.29) is 0 Å². The third-order valence-corrected chi connectivity index (χ3v) is 2.86. The van der Waals surface area contributed by atoms with Gasteiger partial charge in [-0.05, 0) is 56.5 Å². The molecule has 96 valence electrons. The molecule has 0 amide bonds. The van der Waals surface area contributed by atoms with Gasteiger partial charge in [0, 0.05) is 6.54 Å². The van der Waals surface area contributed by atoms with Gasteiger partial charge < -0.3 is 15.8 Å². The maximum absolute atomic E-state index is 5.45. The van der Waals surface area contributed by atoms with Gasteiger partial charge in [-0.3, -0.25) is 0 Å². The van der Waals surface area contributed by atoms with Crippen molar-refractivity contribution in [2.45, 2.75) is 33.2 Å². The zero-order valence-electron chi connectivity index (χ0n) is 11.2. The van der Waals surface area contributed by atoms with E-state index in [4.69, 9.17) is 10.5 Å². The van der Waals surface area contributed by atoms with Crippen LogP contribution in [0.5, 0.6) is 5.75 Å². The van der Waals surface area contributed by atoms with Crippen molar-refractivity contribution in [1.29, 1.82) is 0 Å². The van der Waals surface area contributed by atoms with Gasteiger partial charge in [-0.1, -0.05) is 12.1 Å². The van der Waals surface area contributed by atoms with Gasteiger partial charge in [0.05, 0.1) is 7.11 Å². The molecule has 0 heterocycles. The van der Waals surface area contributed by atoms with Gasteiger partial charge in [0.25, 0.3) is 0 Å². The van der Waals surface area contributed by atoms with Gasteiger partial charge >= 0.3 is 0 Å². The average Bonchev–Trinajstić information content (AvgIpc) is 2.28. The Balaban J connectivity index is 2.49. The van der Waals surface area contributed by atoms with E-state index in [1.165, 1.54) is 16.7 Å². The Labute approximate surface area is 104 Å². The van der Waals surface area contributed by atoms with Crippen molar-refractivity contribution < 1.29 is 4.74 Å². The van der Waals surface area contributed by atoms with E-state index in [2.05, 4.69) is 31.3 Å². The van der Waals surface area contributed by atoms with Crippen LogP contribution >= 0.6 is 0 Å². The number of unbranched alkanes of at least 4 members (excludes halogenated alkanes) is 1. The SMILES string of the molecule is COc1c(C)cc(CNCCCCN)cc1C. The monoisotopic (exact) mass is 236 g/mol. The van der Waals surface area contributed by atoms with Crippen molar-refractivity contribution in [3.8, 4) is 5.75 Å². The average molecular weight is 236 g/mol. The molecule has 3 heteroatoms. The molecule has 0 aliphatic carbocycles. The molecule has 0 atom stereocenters. The molecule has 0 unspecified atom stereocenters. The first kappa shape index (κ1) is 14.0. The molecular weight excluding hydrogens is 212 g/mol. The van der Waals surface area contributed by atoms with Crippen LogP contribution in [0.1, 0.15) is 29.5 Å². The number of hydrogen-bond acceptors (Lipinski definition) is 3. The van der Waals surface area contributed by atoms with Crippen molar-refractivity contribution >= 4 is 0 Å². The van der Waals surface area contributed by atoms with E-state index in [9.17, 15) is 0 Å².